The van der Waals surface area contributed by atoms with E-state index in [1.54, 1.807) is 7.11 Å². The van der Waals surface area contributed by atoms with E-state index in [2.05, 4.69) is 25.5 Å². The van der Waals surface area contributed by atoms with Crippen LogP contribution in [0.2, 0.25) is 0 Å². The number of hydrogen-bond donors (Lipinski definition) is 2. The van der Waals surface area contributed by atoms with Gasteiger partial charge in [0.15, 0.2) is 5.96 Å². The fourth-order valence-electron chi connectivity index (χ4n) is 3.43. The van der Waals surface area contributed by atoms with Crippen LogP contribution in [0.4, 0.5) is 0 Å². The third-order valence-corrected chi connectivity index (χ3v) is 5.40. The lowest BCUT2D eigenvalue weighted by Gasteiger charge is -2.33. The van der Waals surface area contributed by atoms with Crippen molar-refractivity contribution in [3.05, 3.63) is 23.9 Å². The number of guanidine groups is 1. The number of methoxy groups -OCH3 is 1. The molecule has 7 nitrogen and oxygen atoms in total. The summed E-state index contributed by atoms with van der Waals surface area (Å²) in [5, 5.41) is 6.98. The van der Waals surface area contributed by atoms with Gasteiger partial charge in [0.05, 0.1) is 6.61 Å². The highest BCUT2D eigenvalue weighted by atomic mass is 16.5. The fraction of sp³-hybridized carbons (Fsp3) is 0.714. The molecular formula is C21H35N5O2. The van der Waals surface area contributed by atoms with E-state index in [1.807, 2.05) is 25.4 Å². The first-order chi connectivity index (χ1) is 13.8. The maximum atomic E-state index is 5.77. The molecule has 2 aliphatic rings. The summed E-state index contributed by atoms with van der Waals surface area (Å²) in [6.45, 7) is 5.72. The van der Waals surface area contributed by atoms with Gasteiger partial charge in [0, 0.05) is 65.2 Å². The SMILES string of the molecule is CN=C(NCc1ccnc(OCC2CC2)c1)NC1CCN(CCCOC)CC1. The monoisotopic (exact) mass is 389 g/mol. The fourth-order valence-corrected chi connectivity index (χ4v) is 3.43. The van der Waals surface area contributed by atoms with Gasteiger partial charge in [-0.05, 0) is 49.7 Å². The number of likely N-dealkylation sites (tertiary alicyclic amines) is 1. The van der Waals surface area contributed by atoms with Crippen LogP contribution in [0.5, 0.6) is 5.88 Å². The Kier molecular flexibility index (Phi) is 8.36. The highest BCUT2D eigenvalue weighted by molar-refractivity contribution is 5.79. The third kappa shape index (κ3) is 7.28. The van der Waals surface area contributed by atoms with Crippen molar-refractivity contribution < 1.29 is 9.47 Å². The van der Waals surface area contributed by atoms with E-state index in [1.165, 1.54) is 12.8 Å². The maximum absolute atomic E-state index is 5.77. The van der Waals surface area contributed by atoms with Crippen LogP contribution in [0.1, 0.15) is 37.7 Å². The zero-order valence-corrected chi connectivity index (χ0v) is 17.3. The van der Waals surface area contributed by atoms with Gasteiger partial charge < -0.3 is 25.0 Å². The smallest absolute Gasteiger partial charge is 0.213 e. The summed E-state index contributed by atoms with van der Waals surface area (Å²) >= 11 is 0. The molecule has 1 saturated heterocycles. The lowest BCUT2D eigenvalue weighted by atomic mass is 10.1. The van der Waals surface area contributed by atoms with Gasteiger partial charge in [-0.3, -0.25) is 4.99 Å². The average molecular weight is 390 g/mol. The molecular weight excluding hydrogens is 354 g/mol. The van der Waals surface area contributed by atoms with E-state index in [4.69, 9.17) is 9.47 Å². The number of ether oxygens (including phenoxy) is 2. The molecule has 0 bridgehead atoms. The molecule has 0 amide bonds. The molecule has 1 aromatic heterocycles. The molecule has 1 aromatic rings. The number of nitrogens with one attached hydrogen (secondary N) is 2. The molecule has 28 heavy (non-hydrogen) atoms. The molecule has 1 aliphatic heterocycles. The molecule has 7 heteroatoms. The minimum atomic E-state index is 0.472. The van der Waals surface area contributed by atoms with Gasteiger partial charge in [-0.15, -0.1) is 0 Å². The molecule has 0 unspecified atom stereocenters. The summed E-state index contributed by atoms with van der Waals surface area (Å²) in [4.78, 5) is 11.2. The number of pyridine rings is 1. The van der Waals surface area contributed by atoms with E-state index in [0.29, 0.717) is 12.6 Å². The Morgan fingerprint density at radius 2 is 2.11 bits per heavy atom. The normalized spacial score (nSPS) is 18.9. The minimum Gasteiger partial charge on any atom is -0.477 e. The van der Waals surface area contributed by atoms with Gasteiger partial charge in [0.25, 0.3) is 0 Å². The van der Waals surface area contributed by atoms with Crippen molar-refractivity contribution in [1.82, 2.24) is 20.5 Å². The lowest BCUT2D eigenvalue weighted by Crippen LogP contribution is -2.48. The first-order valence-electron chi connectivity index (χ1n) is 10.5. The van der Waals surface area contributed by atoms with Crippen molar-refractivity contribution in [3.63, 3.8) is 0 Å². The Hall–Kier alpha value is -1.86. The van der Waals surface area contributed by atoms with Crippen molar-refractivity contribution in [2.24, 2.45) is 10.9 Å². The van der Waals surface area contributed by atoms with E-state index in [9.17, 15) is 0 Å². The Labute approximate surface area is 168 Å². The first kappa shape index (κ1) is 20.9. The van der Waals surface area contributed by atoms with Crippen molar-refractivity contribution >= 4 is 5.96 Å². The highest BCUT2D eigenvalue weighted by Gasteiger charge is 2.22. The zero-order chi connectivity index (χ0) is 19.6. The second-order valence-corrected chi connectivity index (χ2v) is 7.79. The van der Waals surface area contributed by atoms with Gasteiger partial charge >= 0.3 is 0 Å². The molecule has 0 atom stereocenters. The van der Waals surface area contributed by atoms with Crippen LogP contribution in [0.15, 0.2) is 23.3 Å². The number of nitrogens with zero attached hydrogens (tertiary/aromatic N) is 3. The molecule has 1 saturated carbocycles. The summed E-state index contributed by atoms with van der Waals surface area (Å²) in [6, 6.07) is 4.50. The zero-order valence-electron chi connectivity index (χ0n) is 17.3. The first-order valence-corrected chi connectivity index (χ1v) is 10.5. The lowest BCUT2D eigenvalue weighted by molar-refractivity contribution is 0.155. The van der Waals surface area contributed by atoms with Gasteiger partial charge in [-0.2, -0.15) is 0 Å². The van der Waals surface area contributed by atoms with Gasteiger partial charge in [0.2, 0.25) is 5.88 Å². The quantitative estimate of drug-likeness (QED) is 0.363. The second-order valence-electron chi connectivity index (χ2n) is 7.79. The van der Waals surface area contributed by atoms with Crippen molar-refractivity contribution in [1.29, 1.82) is 0 Å². The molecule has 2 heterocycles. The number of aromatic nitrogens is 1. The molecule has 0 aromatic carbocycles. The number of rotatable bonds is 10. The highest BCUT2D eigenvalue weighted by Crippen LogP contribution is 2.29. The molecule has 0 radical (unpaired) electrons. The van der Waals surface area contributed by atoms with Gasteiger partial charge in [-0.25, -0.2) is 4.98 Å². The molecule has 0 spiro atoms. The van der Waals surface area contributed by atoms with Crippen molar-refractivity contribution in [3.8, 4) is 5.88 Å². The summed E-state index contributed by atoms with van der Waals surface area (Å²) in [5.74, 6) is 2.31. The minimum absolute atomic E-state index is 0.472. The average Bonchev–Trinajstić information content (AvgIpc) is 3.56. The number of aliphatic imine (C=N–C) groups is 1. The van der Waals surface area contributed by atoms with Crippen LogP contribution in [-0.4, -0.2) is 68.9 Å². The van der Waals surface area contributed by atoms with Crippen LogP contribution >= 0.6 is 0 Å². The van der Waals surface area contributed by atoms with Crippen LogP contribution in [0.3, 0.4) is 0 Å². The molecule has 2 N–H and O–H groups in total. The van der Waals surface area contributed by atoms with E-state index < -0.39 is 0 Å². The van der Waals surface area contributed by atoms with E-state index >= 15 is 0 Å². The van der Waals surface area contributed by atoms with Crippen LogP contribution in [-0.2, 0) is 11.3 Å². The summed E-state index contributed by atoms with van der Waals surface area (Å²) < 4.78 is 10.9. The van der Waals surface area contributed by atoms with Gasteiger partial charge in [0.1, 0.15) is 0 Å². The summed E-state index contributed by atoms with van der Waals surface area (Å²) in [6.07, 6.45) is 7.78. The van der Waals surface area contributed by atoms with Crippen molar-refractivity contribution in [2.45, 2.75) is 44.7 Å². The van der Waals surface area contributed by atoms with Crippen LogP contribution in [0, 0.1) is 5.92 Å². The summed E-state index contributed by atoms with van der Waals surface area (Å²) in [5.41, 5.74) is 1.15. The van der Waals surface area contributed by atoms with Crippen molar-refractivity contribution in [2.75, 3.05) is 47.0 Å². The maximum Gasteiger partial charge on any atom is 0.213 e. The number of piperidine rings is 1. The predicted octanol–water partition coefficient (Wildman–Crippen LogP) is 2.04. The Balaban J connectivity index is 1.37. The Morgan fingerprint density at radius 3 is 2.82 bits per heavy atom. The van der Waals surface area contributed by atoms with Crippen LogP contribution < -0.4 is 15.4 Å². The molecule has 156 valence electrons. The van der Waals surface area contributed by atoms with Gasteiger partial charge in [-0.1, -0.05) is 0 Å². The molecule has 1 aliphatic carbocycles. The Morgan fingerprint density at radius 1 is 1.29 bits per heavy atom. The topological polar surface area (TPSA) is 71.0 Å². The Bertz CT molecular complexity index is 613. The molecule has 3 rings (SSSR count). The third-order valence-electron chi connectivity index (χ3n) is 5.40. The number of hydrogen-bond acceptors (Lipinski definition) is 5. The standard InChI is InChI=1S/C21H35N5O2/c1-22-21(25-19-7-11-26(12-8-19)10-3-13-27-2)24-15-18-6-9-23-20(14-18)28-16-17-4-5-17/h6,9,14,17,19H,3-5,7-8,10-13,15-16H2,1-2H3,(H2,22,24,25). The largest absolute Gasteiger partial charge is 0.477 e. The summed E-state index contributed by atoms with van der Waals surface area (Å²) in [7, 11) is 3.59. The van der Waals surface area contributed by atoms with E-state index in [-0.39, 0.29) is 0 Å². The predicted molar refractivity (Wildman–Crippen MR) is 112 cm³/mol. The van der Waals surface area contributed by atoms with Crippen LogP contribution in [0.25, 0.3) is 0 Å². The molecule has 2 fully saturated rings. The second kappa shape index (κ2) is 11.2. The van der Waals surface area contributed by atoms with E-state index in [0.717, 1.165) is 75.4 Å².